The fraction of sp³-hybridized carbons (Fsp3) is 0.385. The van der Waals surface area contributed by atoms with Gasteiger partial charge in [0.15, 0.2) is 0 Å². The molecule has 5 nitrogen and oxygen atoms in total. The average molecular weight is 363 g/mol. The summed E-state index contributed by atoms with van der Waals surface area (Å²) in [7, 11) is 0. The minimum absolute atomic E-state index is 0.0708. The summed E-state index contributed by atoms with van der Waals surface area (Å²) in [6.07, 6.45) is 0. The van der Waals surface area contributed by atoms with Crippen molar-refractivity contribution >= 4 is 39.4 Å². The zero-order valence-corrected chi connectivity index (χ0v) is 13.0. The van der Waals surface area contributed by atoms with Crippen molar-refractivity contribution in [1.29, 1.82) is 0 Å². The molecule has 2 unspecified atom stereocenters. The van der Waals surface area contributed by atoms with Gasteiger partial charge in [0.1, 0.15) is 5.41 Å². The van der Waals surface area contributed by atoms with Crippen LogP contribution in [-0.4, -0.2) is 36.2 Å². The number of carboxylic acids is 1. The van der Waals surface area contributed by atoms with E-state index in [-0.39, 0.29) is 13.2 Å². The molecule has 1 saturated heterocycles. The van der Waals surface area contributed by atoms with E-state index >= 15 is 0 Å². The van der Waals surface area contributed by atoms with Crippen LogP contribution < -0.4 is 5.32 Å². The molecule has 20 heavy (non-hydrogen) atoms. The van der Waals surface area contributed by atoms with Gasteiger partial charge in [-0.3, -0.25) is 9.59 Å². The van der Waals surface area contributed by atoms with Gasteiger partial charge in [-0.1, -0.05) is 27.5 Å². The van der Waals surface area contributed by atoms with Gasteiger partial charge >= 0.3 is 5.97 Å². The van der Waals surface area contributed by atoms with Gasteiger partial charge in [0, 0.05) is 4.47 Å². The summed E-state index contributed by atoms with van der Waals surface area (Å²) < 4.78 is 5.95. The van der Waals surface area contributed by atoms with E-state index in [1.165, 1.54) is 0 Å². The number of halogens is 2. The minimum Gasteiger partial charge on any atom is -0.481 e. The number of amides is 1. The van der Waals surface area contributed by atoms with Crippen LogP contribution in [-0.2, 0) is 9.53 Å². The van der Waals surface area contributed by atoms with Crippen LogP contribution in [0, 0.1) is 5.41 Å². The molecule has 0 bridgehead atoms. The highest BCUT2D eigenvalue weighted by atomic mass is 79.9. The molecule has 1 aliphatic heterocycles. The molecule has 2 rings (SSSR count). The second kappa shape index (κ2) is 5.71. The van der Waals surface area contributed by atoms with E-state index in [4.69, 9.17) is 16.3 Å². The van der Waals surface area contributed by atoms with Gasteiger partial charge in [0.05, 0.1) is 29.8 Å². The minimum atomic E-state index is -1.13. The molecule has 7 heteroatoms. The Hall–Kier alpha value is -1.11. The third-order valence-electron chi connectivity index (χ3n) is 3.43. The van der Waals surface area contributed by atoms with Crippen molar-refractivity contribution in [2.24, 2.45) is 5.41 Å². The topological polar surface area (TPSA) is 75.6 Å². The summed E-state index contributed by atoms with van der Waals surface area (Å²) in [5, 5.41) is 12.2. The van der Waals surface area contributed by atoms with Crippen LogP contribution in [0.3, 0.4) is 0 Å². The third-order valence-corrected chi connectivity index (χ3v) is 4.23. The largest absolute Gasteiger partial charge is 0.481 e. The zero-order chi connectivity index (χ0) is 14.9. The molecule has 108 valence electrons. The van der Waals surface area contributed by atoms with Crippen LogP contribution >= 0.6 is 27.5 Å². The summed E-state index contributed by atoms with van der Waals surface area (Å²) in [4.78, 5) is 23.5. The fourth-order valence-corrected chi connectivity index (χ4v) is 2.75. The molecular weight excluding hydrogens is 350 g/mol. The molecule has 0 aromatic heterocycles. The number of hydrogen-bond acceptors (Lipinski definition) is 3. The molecule has 0 aliphatic carbocycles. The molecular formula is C13H13BrClNO4. The molecule has 0 radical (unpaired) electrons. The van der Waals surface area contributed by atoms with E-state index < -0.39 is 23.3 Å². The SMILES string of the molecule is CC1(C(=O)O)COCC1NC(=O)c1ccc(Br)cc1Cl. The van der Waals surface area contributed by atoms with E-state index in [1.807, 2.05) is 0 Å². The van der Waals surface area contributed by atoms with Crippen molar-refractivity contribution in [3.8, 4) is 0 Å². The third kappa shape index (κ3) is 2.82. The van der Waals surface area contributed by atoms with E-state index in [0.29, 0.717) is 10.6 Å². The Morgan fingerprint density at radius 3 is 2.85 bits per heavy atom. The normalized spacial score (nSPS) is 25.4. The molecule has 1 fully saturated rings. The molecule has 1 aromatic carbocycles. The predicted molar refractivity (Wildman–Crippen MR) is 77.0 cm³/mol. The lowest BCUT2D eigenvalue weighted by molar-refractivity contribution is -0.148. The summed E-state index contributed by atoms with van der Waals surface area (Å²) in [6.45, 7) is 1.79. The first kappa shape index (κ1) is 15.3. The van der Waals surface area contributed by atoms with Crippen molar-refractivity contribution in [3.05, 3.63) is 33.3 Å². The van der Waals surface area contributed by atoms with Gasteiger partial charge in [0.25, 0.3) is 5.91 Å². The fourth-order valence-electron chi connectivity index (χ4n) is 1.99. The van der Waals surface area contributed by atoms with Gasteiger partial charge in [-0.25, -0.2) is 0 Å². The Kier molecular flexibility index (Phi) is 4.36. The average Bonchev–Trinajstić information content (AvgIpc) is 2.72. The number of hydrogen-bond donors (Lipinski definition) is 2. The first-order valence-electron chi connectivity index (χ1n) is 5.91. The van der Waals surface area contributed by atoms with Crippen molar-refractivity contribution < 1.29 is 19.4 Å². The predicted octanol–water partition coefficient (Wildman–Crippen LogP) is 2.32. The quantitative estimate of drug-likeness (QED) is 0.865. The number of aliphatic carboxylic acids is 1. The highest BCUT2D eigenvalue weighted by Gasteiger charge is 2.47. The number of carbonyl (C=O) groups is 2. The number of nitrogens with one attached hydrogen (secondary N) is 1. The Labute approximate surface area is 129 Å². The maximum atomic E-state index is 12.2. The second-order valence-corrected chi connectivity index (χ2v) is 6.21. The number of ether oxygens (including phenoxy) is 1. The van der Waals surface area contributed by atoms with Crippen LogP contribution in [0.5, 0.6) is 0 Å². The molecule has 0 saturated carbocycles. The smallest absolute Gasteiger partial charge is 0.313 e. The maximum Gasteiger partial charge on any atom is 0.313 e. The van der Waals surface area contributed by atoms with E-state index in [1.54, 1.807) is 25.1 Å². The Balaban J connectivity index is 2.17. The zero-order valence-electron chi connectivity index (χ0n) is 10.7. The molecule has 1 aliphatic rings. The lowest BCUT2D eigenvalue weighted by Crippen LogP contribution is -2.49. The molecule has 1 heterocycles. The second-order valence-electron chi connectivity index (χ2n) is 4.89. The maximum absolute atomic E-state index is 12.2. The monoisotopic (exact) mass is 361 g/mol. The van der Waals surface area contributed by atoms with Crippen LogP contribution in [0.4, 0.5) is 0 Å². The number of carbonyl (C=O) groups excluding carboxylic acids is 1. The van der Waals surface area contributed by atoms with Gasteiger partial charge in [-0.05, 0) is 25.1 Å². The highest BCUT2D eigenvalue weighted by molar-refractivity contribution is 9.10. The molecule has 1 amide bonds. The summed E-state index contributed by atoms with van der Waals surface area (Å²) in [6, 6.07) is 4.29. The lowest BCUT2D eigenvalue weighted by Gasteiger charge is -2.25. The van der Waals surface area contributed by atoms with Gasteiger partial charge in [0.2, 0.25) is 0 Å². The van der Waals surface area contributed by atoms with Gasteiger partial charge < -0.3 is 15.2 Å². The van der Waals surface area contributed by atoms with Crippen LogP contribution in [0.2, 0.25) is 5.02 Å². The van der Waals surface area contributed by atoms with E-state index in [0.717, 1.165) is 4.47 Å². The van der Waals surface area contributed by atoms with E-state index in [2.05, 4.69) is 21.2 Å². The number of rotatable bonds is 3. The van der Waals surface area contributed by atoms with E-state index in [9.17, 15) is 14.7 Å². The van der Waals surface area contributed by atoms with Crippen LogP contribution in [0.1, 0.15) is 17.3 Å². The van der Waals surface area contributed by atoms with Gasteiger partial charge in [-0.2, -0.15) is 0 Å². The van der Waals surface area contributed by atoms with Crippen LogP contribution in [0.25, 0.3) is 0 Å². The van der Waals surface area contributed by atoms with Crippen molar-refractivity contribution in [2.45, 2.75) is 13.0 Å². The summed E-state index contributed by atoms with van der Waals surface area (Å²) in [5.41, 5.74) is -0.827. The number of benzene rings is 1. The molecule has 2 atom stereocenters. The van der Waals surface area contributed by atoms with Crippen molar-refractivity contribution in [3.63, 3.8) is 0 Å². The van der Waals surface area contributed by atoms with Gasteiger partial charge in [-0.15, -0.1) is 0 Å². The Morgan fingerprint density at radius 2 is 2.25 bits per heavy atom. The first-order chi connectivity index (χ1) is 9.34. The summed E-state index contributed by atoms with van der Waals surface area (Å²) >= 11 is 9.26. The Morgan fingerprint density at radius 1 is 1.55 bits per heavy atom. The molecule has 1 aromatic rings. The number of carboxylic acid groups (broad SMARTS) is 1. The standard InChI is InChI=1S/C13H13BrClNO4/c1-13(12(18)19)6-20-5-10(13)16-11(17)8-3-2-7(14)4-9(8)15/h2-4,10H,5-6H2,1H3,(H,16,17)(H,18,19). The molecule has 0 spiro atoms. The van der Waals surface area contributed by atoms with Crippen molar-refractivity contribution in [2.75, 3.05) is 13.2 Å². The van der Waals surface area contributed by atoms with Crippen LogP contribution in [0.15, 0.2) is 22.7 Å². The summed E-state index contributed by atoms with van der Waals surface area (Å²) in [5.74, 6) is -1.41. The highest BCUT2D eigenvalue weighted by Crippen LogP contribution is 2.29. The lowest BCUT2D eigenvalue weighted by atomic mass is 9.85. The van der Waals surface area contributed by atoms with Crippen molar-refractivity contribution in [1.82, 2.24) is 5.32 Å². The molecule has 2 N–H and O–H groups in total. The Bertz CT molecular complexity index is 565. The first-order valence-corrected chi connectivity index (χ1v) is 7.09.